The monoisotopic (exact) mass is 907 g/mol. The van der Waals surface area contributed by atoms with Gasteiger partial charge in [0.25, 0.3) is 0 Å². The summed E-state index contributed by atoms with van der Waals surface area (Å²) in [5.74, 6) is -0.147. The van der Waals surface area contributed by atoms with Gasteiger partial charge in [-0.3, -0.25) is 0 Å². The lowest BCUT2D eigenvalue weighted by molar-refractivity contribution is 0.348. The Morgan fingerprint density at radius 1 is 0.288 bits per heavy atom. The molecule has 0 nitrogen and oxygen atoms in total. The lowest BCUT2D eigenvalue weighted by Gasteiger charge is -2.26. The highest BCUT2D eigenvalue weighted by Gasteiger charge is 2.23. The molecule has 3 aliphatic rings. The number of benzene rings is 6. The fraction of sp³-hybridized carbons (Fsp3) is 0.400. The van der Waals surface area contributed by atoms with Crippen molar-refractivity contribution in [1.82, 2.24) is 0 Å². The van der Waals surface area contributed by atoms with Gasteiger partial charge in [0.15, 0.2) is 34.9 Å². The maximum absolute atomic E-state index is 14.1. The zero-order valence-corrected chi connectivity index (χ0v) is 39.6. The van der Waals surface area contributed by atoms with Crippen molar-refractivity contribution >= 4 is 0 Å². The lowest BCUT2D eigenvalue weighted by Crippen LogP contribution is -2.10. The molecule has 6 aromatic carbocycles. The maximum Gasteiger partial charge on any atom is 0.166 e. The predicted octanol–water partition coefficient (Wildman–Crippen LogP) is 19.4. The zero-order valence-electron chi connectivity index (χ0n) is 39.6. The number of hydrogen-bond donors (Lipinski definition) is 0. The van der Waals surface area contributed by atoms with Crippen molar-refractivity contribution in [2.75, 3.05) is 0 Å². The molecule has 0 N–H and O–H groups in total. The van der Waals surface area contributed by atoms with Gasteiger partial charge in [0, 0.05) is 21.0 Å². The van der Waals surface area contributed by atoms with E-state index in [1.807, 2.05) is 36.4 Å². The van der Waals surface area contributed by atoms with Gasteiger partial charge in [-0.15, -0.1) is 0 Å². The summed E-state index contributed by atoms with van der Waals surface area (Å²) < 4.78 is 83.3. The molecule has 0 aliphatic heterocycles. The zero-order chi connectivity index (χ0) is 47.1. The van der Waals surface area contributed by atoms with E-state index in [0.717, 1.165) is 34.4 Å². The van der Waals surface area contributed by atoms with Crippen molar-refractivity contribution in [1.29, 1.82) is 0 Å². The van der Waals surface area contributed by atoms with Gasteiger partial charge in [-0.25, -0.2) is 26.3 Å². The molecule has 0 bridgehead atoms. The summed E-state index contributed by atoms with van der Waals surface area (Å²) in [5, 5.41) is 0. The van der Waals surface area contributed by atoms with Crippen LogP contribution < -0.4 is 0 Å². The van der Waals surface area contributed by atoms with Crippen LogP contribution >= 0.6 is 0 Å². The first kappa shape index (κ1) is 48.8. The van der Waals surface area contributed by atoms with Gasteiger partial charge >= 0.3 is 0 Å². The largest absolute Gasteiger partial charge is 0.203 e. The fourth-order valence-electron chi connectivity index (χ4n) is 10.2. The van der Waals surface area contributed by atoms with E-state index in [9.17, 15) is 26.3 Å². The van der Waals surface area contributed by atoms with E-state index in [1.54, 1.807) is 57.2 Å². The van der Waals surface area contributed by atoms with E-state index < -0.39 is 34.9 Å². The van der Waals surface area contributed by atoms with E-state index >= 15 is 0 Å². The Labute approximate surface area is 394 Å². The minimum absolute atomic E-state index is 0. The van der Waals surface area contributed by atoms with Crippen LogP contribution in [0.4, 0.5) is 26.3 Å². The fourth-order valence-corrected chi connectivity index (χ4v) is 10.2. The quantitative estimate of drug-likeness (QED) is 0.146. The molecule has 0 heterocycles. The first-order chi connectivity index (χ1) is 31.7. The molecule has 0 amide bonds. The third-order valence-corrected chi connectivity index (χ3v) is 15.0. The van der Waals surface area contributed by atoms with Crippen molar-refractivity contribution in [2.24, 2.45) is 17.8 Å². The molecule has 0 saturated heterocycles. The average molecular weight is 907 g/mol. The molecular weight excluding hydrogens is 835 g/mol. The van der Waals surface area contributed by atoms with Gasteiger partial charge in [0.2, 0.25) is 0 Å². The van der Waals surface area contributed by atoms with Gasteiger partial charge in [0.05, 0.1) is 0 Å². The SMILES string of the molecule is Cc1ccc(-c2ccc(C3CCC(C)CC3)cc2)c(F)c1F.Cc1ccc(-c2ccc(C3CCC(C)CC3)cc2)c(F)c1F.Cc1ccc(-c2ccc(C3CCC(C)CC3)cc2)c(F)c1F.[HH].[HH].[HH]. The molecule has 9 rings (SSSR count). The Balaban J connectivity index is 0.000000221. The average Bonchev–Trinajstić information content (AvgIpc) is 3.33. The smallest absolute Gasteiger partial charge is 0.166 e. The molecule has 0 unspecified atom stereocenters. The molecule has 3 aliphatic carbocycles. The molecule has 6 heteroatoms. The Hall–Kier alpha value is -5.10. The van der Waals surface area contributed by atoms with Gasteiger partial charge in [-0.05, 0) is 145 Å². The van der Waals surface area contributed by atoms with Crippen LogP contribution in [0.15, 0.2) is 109 Å². The van der Waals surface area contributed by atoms with Crippen LogP contribution in [0.25, 0.3) is 33.4 Å². The number of rotatable bonds is 6. The van der Waals surface area contributed by atoms with Gasteiger partial charge in [-0.1, -0.05) is 168 Å². The van der Waals surface area contributed by atoms with Crippen LogP contribution in [0.5, 0.6) is 0 Å². The van der Waals surface area contributed by atoms with E-state index in [1.165, 1.54) is 93.7 Å². The van der Waals surface area contributed by atoms with E-state index in [0.29, 0.717) is 51.1 Å². The van der Waals surface area contributed by atoms with Crippen molar-refractivity contribution in [3.05, 3.63) is 177 Å². The number of halogens is 6. The second kappa shape index (κ2) is 22.1. The Morgan fingerprint density at radius 2 is 0.500 bits per heavy atom. The standard InChI is InChI=1S/3C20H22F2.3H2/c3*1-13-3-6-15(7-4-13)16-8-10-17(11-9-16)18-12-5-14(2)19(21)20(18)22;;;/h3*5,8-13,15H,3-4,6-7H2,1-2H3;3*1H. The third-order valence-electron chi connectivity index (χ3n) is 15.0. The van der Waals surface area contributed by atoms with E-state index in [4.69, 9.17) is 0 Å². The van der Waals surface area contributed by atoms with Crippen LogP contribution in [-0.2, 0) is 0 Å². The Morgan fingerprint density at radius 3 is 0.712 bits per heavy atom. The first-order valence-electron chi connectivity index (χ1n) is 24.3. The second-order valence-corrected chi connectivity index (χ2v) is 19.9. The number of aryl methyl sites for hydroxylation is 3. The predicted molar refractivity (Wildman–Crippen MR) is 267 cm³/mol. The van der Waals surface area contributed by atoms with Gasteiger partial charge < -0.3 is 0 Å². The highest BCUT2D eigenvalue weighted by molar-refractivity contribution is 5.67. The summed E-state index contributed by atoms with van der Waals surface area (Å²) in [6.07, 6.45) is 15.1. The summed E-state index contributed by atoms with van der Waals surface area (Å²) in [5.41, 5.74) is 8.23. The molecule has 0 aromatic heterocycles. The molecule has 0 atom stereocenters. The second-order valence-electron chi connectivity index (χ2n) is 19.9. The van der Waals surface area contributed by atoms with Crippen LogP contribution in [0, 0.1) is 73.4 Å². The molecule has 6 aromatic rings. The van der Waals surface area contributed by atoms with E-state index in [2.05, 4.69) is 57.2 Å². The van der Waals surface area contributed by atoms with Gasteiger partial charge in [0.1, 0.15) is 0 Å². The van der Waals surface area contributed by atoms with Crippen molar-refractivity contribution in [2.45, 2.75) is 136 Å². The molecule has 3 saturated carbocycles. The molecule has 66 heavy (non-hydrogen) atoms. The highest BCUT2D eigenvalue weighted by Crippen LogP contribution is 2.39. The minimum atomic E-state index is -0.751. The maximum atomic E-state index is 14.1. The Kier molecular flexibility index (Phi) is 16.4. The van der Waals surface area contributed by atoms with Crippen LogP contribution in [0.3, 0.4) is 0 Å². The van der Waals surface area contributed by atoms with Crippen LogP contribution in [0.1, 0.15) is 153 Å². The van der Waals surface area contributed by atoms with Crippen LogP contribution in [0.2, 0.25) is 0 Å². The molecule has 0 spiro atoms. The minimum Gasteiger partial charge on any atom is -0.203 e. The summed E-state index contributed by atoms with van der Waals surface area (Å²) >= 11 is 0. The van der Waals surface area contributed by atoms with E-state index in [-0.39, 0.29) is 4.28 Å². The first-order valence-corrected chi connectivity index (χ1v) is 24.3. The summed E-state index contributed by atoms with van der Waals surface area (Å²) in [7, 11) is 0. The molecule has 354 valence electrons. The Bertz CT molecular complexity index is 2250. The summed E-state index contributed by atoms with van der Waals surface area (Å²) in [4.78, 5) is 0. The third kappa shape index (κ3) is 11.7. The van der Waals surface area contributed by atoms with Gasteiger partial charge in [-0.2, -0.15) is 0 Å². The molecule has 3 fully saturated rings. The normalized spacial score (nSPS) is 21.8. The number of hydrogen-bond acceptors (Lipinski definition) is 0. The lowest BCUT2D eigenvalue weighted by atomic mass is 9.79. The highest BCUT2D eigenvalue weighted by atomic mass is 19.2. The van der Waals surface area contributed by atoms with Crippen molar-refractivity contribution < 1.29 is 30.6 Å². The topological polar surface area (TPSA) is 0 Å². The van der Waals surface area contributed by atoms with Crippen molar-refractivity contribution in [3.8, 4) is 33.4 Å². The molecular formula is C60H72F6. The summed E-state index contributed by atoms with van der Waals surface area (Å²) in [6, 6.07) is 33.8. The van der Waals surface area contributed by atoms with Crippen LogP contribution in [-0.4, -0.2) is 0 Å². The summed E-state index contributed by atoms with van der Waals surface area (Å²) in [6.45, 7) is 11.7. The molecule has 0 radical (unpaired) electrons. The van der Waals surface area contributed by atoms with Crippen molar-refractivity contribution in [3.63, 3.8) is 0 Å².